The summed E-state index contributed by atoms with van der Waals surface area (Å²) in [7, 11) is 1.67. The van der Waals surface area contributed by atoms with Crippen LogP contribution in [0.2, 0.25) is 0 Å². The van der Waals surface area contributed by atoms with Crippen LogP contribution in [0.1, 0.15) is 16.7 Å². The molecular formula is C18H18F3N3O3. The molecule has 1 N–H and O–H groups in total. The molecule has 0 bridgehead atoms. The number of aryl methyl sites for hydroxylation is 1. The fourth-order valence-corrected chi connectivity index (χ4v) is 2.50. The molecule has 2 aromatic carbocycles. The molecule has 2 rings (SSSR count). The van der Waals surface area contributed by atoms with Gasteiger partial charge in [0.1, 0.15) is 0 Å². The zero-order valence-corrected chi connectivity index (χ0v) is 14.7. The van der Waals surface area contributed by atoms with Gasteiger partial charge in [-0.05, 0) is 43.3 Å². The lowest BCUT2D eigenvalue weighted by atomic mass is 10.1. The molecule has 0 heterocycles. The summed E-state index contributed by atoms with van der Waals surface area (Å²) >= 11 is 0. The summed E-state index contributed by atoms with van der Waals surface area (Å²) in [6.45, 7) is 1.96. The van der Waals surface area contributed by atoms with Crippen molar-refractivity contribution in [1.82, 2.24) is 4.90 Å². The zero-order chi connectivity index (χ0) is 20.2. The van der Waals surface area contributed by atoms with Gasteiger partial charge in [0.2, 0.25) is 5.91 Å². The van der Waals surface area contributed by atoms with E-state index in [1.54, 1.807) is 18.9 Å². The summed E-state index contributed by atoms with van der Waals surface area (Å²) in [5.74, 6) is -0.332. The van der Waals surface area contributed by atoms with Crippen molar-refractivity contribution in [1.29, 1.82) is 0 Å². The number of carbonyl (C=O) groups excluding carboxylic acids is 1. The molecular weight excluding hydrogens is 363 g/mol. The van der Waals surface area contributed by atoms with Crippen LogP contribution in [0.4, 0.5) is 24.5 Å². The molecule has 0 spiro atoms. The molecule has 27 heavy (non-hydrogen) atoms. The predicted molar refractivity (Wildman–Crippen MR) is 94.2 cm³/mol. The van der Waals surface area contributed by atoms with E-state index in [1.807, 2.05) is 0 Å². The lowest BCUT2D eigenvalue weighted by Gasteiger charge is -2.17. The molecule has 0 unspecified atom stereocenters. The number of alkyl halides is 3. The average molecular weight is 381 g/mol. The largest absolute Gasteiger partial charge is 0.416 e. The first-order valence-corrected chi connectivity index (χ1v) is 7.96. The maximum absolute atomic E-state index is 12.6. The van der Waals surface area contributed by atoms with Gasteiger partial charge >= 0.3 is 6.18 Å². The third-order valence-corrected chi connectivity index (χ3v) is 3.84. The van der Waals surface area contributed by atoms with E-state index in [4.69, 9.17) is 0 Å². The average Bonchev–Trinajstić information content (AvgIpc) is 2.56. The smallest absolute Gasteiger partial charge is 0.325 e. The molecule has 0 aliphatic heterocycles. The number of nitro benzene ring substituents is 1. The molecule has 0 aliphatic rings. The summed E-state index contributed by atoms with van der Waals surface area (Å²) in [6.07, 6.45) is -4.38. The monoisotopic (exact) mass is 381 g/mol. The second-order valence-electron chi connectivity index (χ2n) is 6.17. The number of non-ortho nitro benzene ring substituents is 1. The highest BCUT2D eigenvalue weighted by Gasteiger charge is 2.29. The van der Waals surface area contributed by atoms with E-state index in [-0.39, 0.29) is 18.1 Å². The number of halogens is 3. The lowest BCUT2D eigenvalue weighted by Crippen LogP contribution is -2.30. The zero-order valence-electron chi connectivity index (χ0n) is 14.7. The van der Waals surface area contributed by atoms with E-state index in [0.717, 1.165) is 12.1 Å². The van der Waals surface area contributed by atoms with Gasteiger partial charge in [-0.15, -0.1) is 0 Å². The number of nitrogens with one attached hydrogen (secondary N) is 1. The van der Waals surface area contributed by atoms with Gasteiger partial charge in [0.25, 0.3) is 5.69 Å². The first kappa shape index (κ1) is 20.4. The topological polar surface area (TPSA) is 75.5 Å². The molecule has 0 saturated heterocycles. The molecule has 0 atom stereocenters. The van der Waals surface area contributed by atoms with Crippen molar-refractivity contribution in [3.05, 3.63) is 69.3 Å². The number of likely N-dealkylation sites (N-methyl/N-ethyl adjacent to an activating group) is 1. The molecule has 0 radical (unpaired) electrons. The summed E-state index contributed by atoms with van der Waals surface area (Å²) < 4.78 is 37.7. The van der Waals surface area contributed by atoms with Crippen molar-refractivity contribution in [3.63, 3.8) is 0 Å². The van der Waals surface area contributed by atoms with E-state index in [2.05, 4.69) is 5.32 Å². The highest BCUT2D eigenvalue weighted by Crippen LogP contribution is 2.29. The number of rotatable bonds is 6. The van der Waals surface area contributed by atoms with Crippen molar-refractivity contribution in [2.45, 2.75) is 19.6 Å². The third kappa shape index (κ3) is 5.78. The maximum Gasteiger partial charge on any atom is 0.416 e. The first-order valence-electron chi connectivity index (χ1n) is 7.96. The Hall–Kier alpha value is -2.94. The number of hydrogen-bond acceptors (Lipinski definition) is 4. The Bertz CT molecular complexity index is 836. The number of anilines is 1. The highest BCUT2D eigenvalue weighted by atomic mass is 19.4. The van der Waals surface area contributed by atoms with Gasteiger partial charge in [0.05, 0.1) is 17.0 Å². The van der Waals surface area contributed by atoms with Crippen molar-refractivity contribution >= 4 is 17.3 Å². The SMILES string of the molecule is Cc1cc([N+](=O)[O-])ccc1NC(=O)CN(C)Cc1ccc(C(F)(F)F)cc1. The molecule has 6 nitrogen and oxygen atoms in total. The van der Waals surface area contributed by atoms with E-state index >= 15 is 0 Å². The molecule has 144 valence electrons. The van der Waals surface area contributed by atoms with Gasteiger partial charge in [0, 0.05) is 24.4 Å². The van der Waals surface area contributed by atoms with Crippen LogP contribution in [0.25, 0.3) is 0 Å². The Balaban J connectivity index is 1.93. The fourth-order valence-electron chi connectivity index (χ4n) is 2.50. The Morgan fingerprint density at radius 3 is 2.33 bits per heavy atom. The van der Waals surface area contributed by atoms with Gasteiger partial charge in [0.15, 0.2) is 0 Å². The quantitative estimate of drug-likeness (QED) is 0.606. The lowest BCUT2D eigenvalue weighted by molar-refractivity contribution is -0.384. The number of nitro groups is 1. The van der Waals surface area contributed by atoms with Crippen LogP contribution in [0.5, 0.6) is 0 Å². The minimum atomic E-state index is -4.38. The van der Waals surface area contributed by atoms with E-state index in [0.29, 0.717) is 23.4 Å². The number of nitrogens with zero attached hydrogens (tertiary/aromatic N) is 2. The molecule has 2 aromatic rings. The Morgan fingerprint density at radius 2 is 1.81 bits per heavy atom. The molecule has 0 fully saturated rings. The van der Waals surface area contributed by atoms with Gasteiger partial charge in [-0.3, -0.25) is 19.8 Å². The molecule has 0 saturated carbocycles. The number of benzene rings is 2. The van der Waals surface area contributed by atoms with Crippen molar-refractivity contribution in [3.8, 4) is 0 Å². The first-order chi connectivity index (χ1) is 12.6. The highest BCUT2D eigenvalue weighted by molar-refractivity contribution is 5.93. The molecule has 1 amide bonds. The summed E-state index contributed by atoms with van der Waals surface area (Å²) in [5.41, 5.74) is 0.881. The predicted octanol–water partition coefficient (Wildman–Crippen LogP) is 3.99. The maximum atomic E-state index is 12.6. The number of hydrogen-bond donors (Lipinski definition) is 1. The van der Waals surface area contributed by atoms with Crippen molar-refractivity contribution in [2.24, 2.45) is 0 Å². The number of carbonyl (C=O) groups is 1. The van der Waals surface area contributed by atoms with Crippen LogP contribution in [0.15, 0.2) is 42.5 Å². The van der Waals surface area contributed by atoms with Crippen LogP contribution >= 0.6 is 0 Å². The minimum Gasteiger partial charge on any atom is -0.325 e. The van der Waals surface area contributed by atoms with Gasteiger partial charge < -0.3 is 5.32 Å². The summed E-state index contributed by atoms with van der Waals surface area (Å²) in [5, 5.41) is 13.4. The molecule has 0 aromatic heterocycles. The second kappa shape index (κ2) is 8.17. The summed E-state index contributed by atoms with van der Waals surface area (Å²) in [6, 6.07) is 8.87. The fraction of sp³-hybridized carbons (Fsp3) is 0.278. The van der Waals surface area contributed by atoms with E-state index in [9.17, 15) is 28.1 Å². The normalized spacial score (nSPS) is 11.5. The standard InChI is InChI=1S/C18H18F3N3O3/c1-12-9-15(24(26)27)7-8-16(12)22-17(25)11-23(2)10-13-3-5-14(6-4-13)18(19,20)21/h3-9H,10-11H2,1-2H3,(H,22,25). The minimum absolute atomic E-state index is 0.0114. The third-order valence-electron chi connectivity index (χ3n) is 3.84. The Morgan fingerprint density at radius 1 is 1.19 bits per heavy atom. The van der Waals surface area contributed by atoms with Gasteiger partial charge in [-0.1, -0.05) is 12.1 Å². The van der Waals surface area contributed by atoms with Gasteiger partial charge in [-0.25, -0.2) is 0 Å². The van der Waals surface area contributed by atoms with Crippen LogP contribution in [0, 0.1) is 17.0 Å². The van der Waals surface area contributed by atoms with E-state index < -0.39 is 16.7 Å². The number of amides is 1. The Kier molecular flexibility index (Phi) is 6.17. The molecule has 0 aliphatic carbocycles. The Labute approximate surface area is 153 Å². The molecule has 9 heteroatoms. The van der Waals surface area contributed by atoms with Crippen LogP contribution in [-0.2, 0) is 17.5 Å². The van der Waals surface area contributed by atoms with Crippen LogP contribution < -0.4 is 5.32 Å². The van der Waals surface area contributed by atoms with Gasteiger partial charge in [-0.2, -0.15) is 13.2 Å². The second-order valence-corrected chi connectivity index (χ2v) is 6.17. The van der Waals surface area contributed by atoms with Crippen LogP contribution in [0.3, 0.4) is 0 Å². The van der Waals surface area contributed by atoms with E-state index in [1.165, 1.54) is 30.3 Å². The van der Waals surface area contributed by atoms with Crippen molar-refractivity contribution < 1.29 is 22.9 Å². The van der Waals surface area contributed by atoms with Crippen LogP contribution in [-0.4, -0.2) is 29.3 Å². The summed E-state index contributed by atoms with van der Waals surface area (Å²) in [4.78, 5) is 24.0. The van der Waals surface area contributed by atoms with Crippen molar-refractivity contribution in [2.75, 3.05) is 18.9 Å².